The lowest BCUT2D eigenvalue weighted by atomic mass is 10.1. The number of rotatable bonds is 7. The van der Waals surface area contributed by atoms with Gasteiger partial charge in [0.25, 0.3) is 0 Å². The molecular formula is C18H21NO3. The first-order valence-electron chi connectivity index (χ1n) is 7.28. The molecule has 0 aromatic heterocycles. The molecule has 2 rings (SSSR count). The Morgan fingerprint density at radius 1 is 1.18 bits per heavy atom. The maximum atomic E-state index is 10.8. The number of benzene rings is 2. The van der Waals surface area contributed by atoms with E-state index in [-0.39, 0.29) is 0 Å². The standard InChI is InChI=1S/C18H21NO3/c1-13-7-9-15(10-8-13)12-22-17-6-4-3-5-16(17)11-19-14(2)18(20)21/h3-10,14,19H,11-12H2,1-2H3,(H,20,21)/t14-/m0/s1. The Morgan fingerprint density at radius 3 is 2.55 bits per heavy atom. The molecule has 0 aliphatic heterocycles. The summed E-state index contributed by atoms with van der Waals surface area (Å²) in [5, 5.41) is 11.9. The van der Waals surface area contributed by atoms with Crippen LogP contribution in [0.5, 0.6) is 5.75 Å². The summed E-state index contributed by atoms with van der Waals surface area (Å²) < 4.78 is 5.87. The van der Waals surface area contributed by atoms with Crippen molar-refractivity contribution < 1.29 is 14.6 Å². The van der Waals surface area contributed by atoms with Crippen LogP contribution in [0.3, 0.4) is 0 Å². The van der Waals surface area contributed by atoms with E-state index >= 15 is 0 Å². The van der Waals surface area contributed by atoms with Crippen LogP contribution in [0.4, 0.5) is 0 Å². The SMILES string of the molecule is Cc1ccc(COc2ccccc2CN[C@@H](C)C(=O)O)cc1. The van der Waals surface area contributed by atoms with Crippen LogP contribution in [-0.2, 0) is 17.9 Å². The molecule has 1 atom stereocenters. The minimum atomic E-state index is -0.863. The van der Waals surface area contributed by atoms with Gasteiger partial charge in [-0.1, -0.05) is 48.0 Å². The van der Waals surface area contributed by atoms with Gasteiger partial charge in [0.1, 0.15) is 18.4 Å². The van der Waals surface area contributed by atoms with Crippen molar-refractivity contribution in [3.8, 4) is 5.75 Å². The second kappa shape index (κ2) is 7.61. The monoisotopic (exact) mass is 299 g/mol. The highest BCUT2D eigenvalue weighted by Crippen LogP contribution is 2.19. The van der Waals surface area contributed by atoms with Crippen LogP contribution in [0.25, 0.3) is 0 Å². The van der Waals surface area contributed by atoms with E-state index in [1.165, 1.54) is 5.56 Å². The predicted molar refractivity (Wildman–Crippen MR) is 85.9 cm³/mol. The molecule has 0 unspecified atom stereocenters. The molecule has 0 amide bonds. The Balaban J connectivity index is 1.98. The van der Waals surface area contributed by atoms with Crippen LogP contribution in [0.15, 0.2) is 48.5 Å². The lowest BCUT2D eigenvalue weighted by Gasteiger charge is -2.14. The number of nitrogens with one attached hydrogen (secondary N) is 1. The average molecular weight is 299 g/mol. The van der Waals surface area contributed by atoms with Gasteiger partial charge >= 0.3 is 5.97 Å². The maximum Gasteiger partial charge on any atom is 0.320 e. The van der Waals surface area contributed by atoms with Crippen molar-refractivity contribution in [2.24, 2.45) is 0 Å². The van der Waals surface area contributed by atoms with Crippen LogP contribution in [0, 0.1) is 6.92 Å². The van der Waals surface area contributed by atoms with Crippen molar-refractivity contribution in [3.63, 3.8) is 0 Å². The lowest BCUT2D eigenvalue weighted by molar-refractivity contribution is -0.139. The van der Waals surface area contributed by atoms with Gasteiger partial charge in [0.05, 0.1) is 0 Å². The van der Waals surface area contributed by atoms with E-state index in [2.05, 4.69) is 24.4 Å². The number of hydrogen-bond donors (Lipinski definition) is 2. The summed E-state index contributed by atoms with van der Waals surface area (Å²) in [6, 6.07) is 15.3. The molecule has 0 aliphatic carbocycles. The number of carboxylic acid groups (broad SMARTS) is 1. The Kier molecular flexibility index (Phi) is 5.55. The van der Waals surface area contributed by atoms with Gasteiger partial charge in [-0.15, -0.1) is 0 Å². The molecular weight excluding hydrogens is 278 g/mol. The van der Waals surface area contributed by atoms with E-state index in [0.717, 1.165) is 16.9 Å². The van der Waals surface area contributed by atoms with Gasteiger partial charge in [-0.05, 0) is 25.5 Å². The predicted octanol–water partition coefficient (Wildman–Crippen LogP) is 3.14. The van der Waals surface area contributed by atoms with E-state index in [1.807, 2.05) is 36.4 Å². The second-order valence-corrected chi connectivity index (χ2v) is 5.32. The van der Waals surface area contributed by atoms with Crippen molar-refractivity contribution in [2.75, 3.05) is 0 Å². The third-order valence-corrected chi connectivity index (χ3v) is 3.46. The van der Waals surface area contributed by atoms with Crippen LogP contribution in [-0.4, -0.2) is 17.1 Å². The highest BCUT2D eigenvalue weighted by atomic mass is 16.5. The van der Waals surface area contributed by atoms with E-state index in [4.69, 9.17) is 9.84 Å². The number of aryl methyl sites for hydroxylation is 1. The molecule has 0 bridgehead atoms. The number of hydrogen-bond acceptors (Lipinski definition) is 3. The van der Waals surface area contributed by atoms with E-state index < -0.39 is 12.0 Å². The number of ether oxygens (including phenoxy) is 1. The quantitative estimate of drug-likeness (QED) is 0.824. The zero-order chi connectivity index (χ0) is 15.9. The third-order valence-electron chi connectivity index (χ3n) is 3.46. The number of aliphatic carboxylic acids is 1. The molecule has 2 N–H and O–H groups in total. The maximum absolute atomic E-state index is 10.8. The molecule has 22 heavy (non-hydrogen) atoms. The summed E-state index contributed by atoms with van der Waals surface area (Å²) in [5.41, 5.74) is 3.27. The van der Waals surface area contributed by atoms with Crippen molar-refractivity contribution in [1.82, 2.24) is 5.32 Å². The van der Waals surface area contributed by atoms with Crippen LogP contribution >= 0.6 is 0 Å². The fourth-order valence-corrected chi connectivity index (χ4v) is 1.99. The zero-order valence-corrected chi connectivity index (χ0v) is 12.9. The van der Waals surface area contributed by atoms with E-state index in [1.54, 1.807) is 6.92 Å². The highest BCUT2D eigenvalue weighted by Gasteiger charge is 2.11. The molecule has 0 radical (unpaired) electrons. The highest BCUT2D eigenvalue weighted by molar-refractivity contribution is 5.72. The van der Waals surface area contributed by atoms with Crippen LogP contribution in [0.1, 0.15) is 23.6 Å². The molecule has 116 valence electrons. The van der Waals surface area contributed by atoms with Crippen molar-refractivity contribution in [3.05, 3.63) is 65.2 Å². The fraction of sp³-hybridized carbons (Fsp3) is 0.278. The molecule has 0 spiro atoms. The summed E-state index contributed by atoms with van der Waals surface area (Å²) in [4.78, 5) is 10.8. The molecule has 2 aromatic carbocycles. The summed E-state index contributed by atoms with van der Waals surface area (Å²) in [5.74, 6) is -0.0915. The first-order valence-corrected chi connectivity index (χ1v) is 7.28. The minimum absolute atomic E-state index is 0.456. The molecule has 0 saturated heterocycles. The van der Waals surface area contributed by atoms with Gasteiger partial charge in [-0.2, -0.15) is 0 Å². The van der Waals surface area contributed by atoms with Gasteiger partial charge in [0, 0.05) is 12.1 Å². The van der Waals surface area contributed by atoms with Gasteiger partial charge in [0.15, 0.2) is 0 Å². The van der Waals surface area contributed by atoms with Crippen molar-refractivity contribution in [2.45, 2.75) is 33.0 Å². The smallest absolute Gasteiger partial charge is 0.320 e. The Hall–Kier alpha value is -2.33. The normalized spacial score (nSPS) is 11.9. The van der Waals surface area contributed by atoms with Crippen molar-refractivity contribution in [1.29, 1.82) is 0 Å². The molecule has 0 fully saturated rings. The van der Waals surface area contributed by atoms with E-state index in [0.29, 0.717) is 13.2 Å². The molecule has 4 nitrogen and oxygen atoms in total. The molecule has 0 aliphatic rings. The fourth-order valence-electron chi connectivity index (χ4n) is 1.99. The Labute approximate surface area is 130 Å². The largest absolute Gasteiger partial charge is 0.489 e. The first kappa shape index (κ1) is 16.0. The van der Waals surface area contributed by atoms with Crippen molar-refractivity contribution >= 4 is 5.97 Å². The number of carbonyl (C=O) groups is 1. The summed E-state index contributed by atoms with van der Waals surface area (Å²) in [6.07, 6.45) is 0. The van der Waals surface area contributed by atoms with Crippen LogP contribution < -0.4 is 10.1 Å². The topological polar surface area (TPSA) is 58.6 Å². The molecule has 0 saturated carbocycles. The van der Waals surface area contributed by atoms with Gasteiger partial charge in [-0.3, -0.25) is 4.79 Å². The third kappa shape index (κ3) is 4.60. The molecule has 0 heterocycles. The van der Waals surface area contributed by atoms with Gasteiger partial charge in [0.2, 0.25) is 0 Å². The summed E-state index contributed by atoms with van der Waals surface area (Å²) >= 11 is 0. The van der Waals surface area contributed by atoms with E-state index in [9.17, 15) is 4.79 Å². The Bertz CT molecular complexity index is 622. The lowest BCUT2D eigenvalue weighted by Crippen LogP contribution is -2.33. The van der Waals surface area contributed by atoms with Gasteiger partial charge < -0.3 is 15.2 Å². The zero-order valence-electron chi connectivity index (χ0n) is 12.9. The average Bonchev–Trinajstić information content (AvgIpc) is 2.52. The number of carboxylic acids is 1. The van der Waals surface area contributed by atoms with Crippen LogP contribution in [0.2, 0.25) is 0 Å². The Morgan fingerprint density at radius 2 is 1.86 bits per heavy atom. The molecule has 4 heteroatoms. The summed E-state index contributed by atoms with van der Waals surface area (Å²) in [7, 11) is 0. The minimum Gasteiger partial charge on any atom is -0.489 e. The second-order valence-electron chi connectivity index (χ2n) is 5.32. The van der Waals surface area contributed by atoms with Gasteiger partial charge in [-0.25, -0.2) is 0 Å². The summed E-state index contributed by atoms with van der Waals surface area (Å²) in [6.45, 7) is 4.62. The number of para-hydroxylation sites is 1. The first-order chi connectivity index (χ1) is 10.6. The molecule has 2 aromatic rings.